The first-order valence-electron chi connectivity index (χ1n) is 5.43. The number of carboxylic acids is 1. The molecule has 1 fully saturated rings. The van der Waals surface area contributed by atoms with Gasteiger partial charge in [-0.3, -0.25) is 0 Å². The molecule has 0 aliphatic carbocycles. The van der Waals surface area contributed by atoms with Gasteiger partial charge in [-0.05, 0) is 26.4 Å². The molecule has 0 bridgehead atoms. The molecule has 0 spiro atoms. The zero-order valence-electron chi connectivity index (χ0n) is 9.33. The normalized spacial score (nSPS) is 22.6. The predicted molar refractivity (Wildman–Crippen MR) is 59.9 cm³/mol. The lowest BCUT2D eigenvalue weighted by Gasteiger charge is -2.32. The van der Waals surface area contributed by atoms with E-state index < -0.39 is 5.97 Å². The van der Waals surface area contributed by atoms with E-state index in [4.69, 9.17) is 5.11 Å². The Kier molecular flexibility index (Phi) is 4.78. The van der Waals surface area contributed by atoms with Crippen LogP contribution in [0.3, 0.4) is 0 Å². The van der Waals surface area contributed by atoms with E-state index in [9.17, 15) is 4.79 Å². The van der Waals surface area contributed by atoms with Crippen LogP contribution in [0.2, 0.25) is 0 Å². The van der Waals surface area contributed by atoms with Crippen LogP contribution in [0, 0.1) is 0 Å². The molecule has 1 heterocycles. The van der Waals surface area contributed by atoms with Gasteiger partial charge in [0.25, 0.3) is 0 Å². The first kappa shape index (κ1) is 12.2. The van der Waals surface area contributed by atoms with E-state index in [0.717, 1.165) is 13.1 Å². The quantitative estimate of drug-likeness (QED) is 0.659. The number of likely N-dealkylation sites (tertiary alicyclic amines) is 1. The monoisotopic (exact) mass is 212 g/mol. The average Bonchev–Trinajstić information content (AvgIpc) is 2.20. The highest BCUT2D eigenvalue weighted by molar-refractivity contribution is 5.86. The van der Waals surface area contributed by atoms with Gasteiger partial charge in [0.05, 0.1) is 0 Å². The Labute approximate surface area is 91.0 Å². The van der Waals surface area contributed by atoms with Crippen molar-refractivity contribution in [1.82, 2.24) is 10.2 Å². The molecular formula is C11H20N2O2. The van der Waals surface area contributed by atoms with Gasteiger partial charge < -0.3 is 15.3 Å². The minimum Gasteiger partial charge on any atom is -0.478 e. The van der Waals surface area contributed by atoms with E-state index in [0.29, 0.717) is 12.6 Å². The lowest BCUT2D eigenvalue weighted by Crippen LogP contribution is -2.43. The Morgan fingerprint density at radius 3 is 2.93 bits per heavy atom. The van der Waals surface area contributed by atoms with E-state index in [2.05, 4.69) is 23.8 Å². The van der Waals surface area contributed by atoms with Crippen LogP contribution >= 0.6 is 0 Å². The summed E-state index contributed by atoms with van der Waals surface area (Å²) in [6.45, 7) is 5.85. The number of aliphatic carboxylic acids is 1. The number of carbonyl (C=O) groups is 1. The van der Waals surface area contributed by atoms with Crippen molar-refractivity contribution < 1.29 is 9.90 Å². The molecule has 1 atom stereocenters. The molecule has 0 radical (unpaired) electrons. The fourth-order valence-electron chi connectivity index (χ4n) is 1.87. The summed E-state index contributed by atoms with van der Waals surface area (Å²) in [6.07, 6.45) is 3.74. The number of rotatable bonds is 5. The summed E-state index contributed by atoms with van der Waals surface area (Å²) in [4.78, 5) is 12.8. The molecule has 2 N–H and O–H groups in total. The third-order valence-electron chi connectivity index (χ3n) is 2.94. The van der Waals surface area contributed by atoms with Crippen molar-refractivity contribution in [3.63, 3.8) is 0 Å². The zero-order valence-corrected chi connectivity index (χ0v) is 9.33. The molecule has 86 valence electrons. The summed E-state index contributed by atoms with van der Waals surface area (Å²) in [5.41, 5.74) is 0.230. The van der Waals surface area contributed by atoms with E-state index in [-0.39, 0.29) is 5.57 Å². The highest BCUT2D eigenvalue weighted by Crippen LogP contribution is 2.13. The lowest BCUT2D eigenvalue weighted by molar-refractivity contribution is -0.132. The van der Waals surface area contributed by atoms with Crippen LogP contribution < -0.4 is 5.32 Å². The van der Waals surface area contributed by atoms with Gasteiger partial charge in [0, 0.05) is 24.7 Å². The number of likely N-dealkylation sites (N-methyl/N-ethyl adjacent to an activating group) is 1. The van der Waals surface area contributed by atoms with Crippen LogP contribution in [0.15, 0.2) is 12.2 Å². The van der Waals surface area contributed by atoms with Crippen LogP contribution in [-0.2, 0) is 4.79 Å². The maximum absolute atomic E-state index is 10.5. The van der Waals surface area contributed by atoms with Crippen molar-refractivity contribution in [2.45, 2.75) is 25.3 Å². The standard InChI is InChI=1S/C11H20N2O2/c1-9(11(14)15)7-12-8-10-5-3-4-6-13(10)2/h10,12H,1,3-8H2,2H3,(H,14,15). The average molecular weight is 212 g/mol. The van der Waals surface area contributed by atoms with Gasteiger partial charge in [0.2, 0.25) is 0 Å². The topological polar surface area (TPSA) is 52.6 Å². The molecule has 1 aliphatic rings. The number of piperidine rings is 1. The molecule has 0 aromatic heterocycles. The van der Waals surface area contributed by atoms with Gasteiger partial charge in [-0.2, -0.15) is 0 Å². The third kappa shape index (κ3) is 4.01. The van der Waals surface area contributed by atoms with Crippen molar-refractivity contribution in [3.8, 4) is 0 Å². The molecule has 0 saturated carbocycles. The molecule has 1 saturated heterocycles. The largest absolute Gasteiger partial charge is 0.478 e. The van der Waals surface area contributed by atoms with Gasteiger partial charge >= 0.3 is 5.97 Å². The van der Waals surface area contributed by atoms with Crippen LogP contribution in [0.5, 0.6) is 0 Å². The number of nitrogens with one attached hydrogen (secondary N) is 1. The maximum atomic E-state index is 10.5. The zero-order chi connectivity index (χ0) is 11.3. The van der Waals surface area contributed by atoms with Crippen LogP contribution in [0.1, 0.15) is 19.3 Å². The number of hydrogen-bond donors (Lipinski definition) is 2. The molecule has 1 rings (SSSR count). The molecule has 1 aliphatic heterocycles. The second-order valence-electron chi connectivity index (χ2n) is 4.17. The van der Waals surface area contributed by atoms with Crippen molar-refractivity contribution in [3.05, 3.63) is 12.2 Å². The Morgan fingerprint density at radius 2 is 2.33 bits per heavy atom. The maximum Gasteiger partial charge on any atom is 0.332 e. The highest BCUT2D eigenvalue weighted by atomic mass is 16.4. The summed E-state index contributed by atoms with van der Waals surface area (Å²) in [7, 11) is 2.12. The number of hydrogen-bond acceptors (Lipinski definition) is 3. The van der Waals surface area contributed by atoms with E-state index in [1.165, 1.54) is 19.3 Å². The lowest BCUT2D eigenvalue weighted by atomic mass is 10.0. The Balaban J connectivity index is 2.19. The van der Waals surface area contributed by atoms with Crippen molar-refractivity contribution in [1.29, 1.82) is 0 Å². The van der Waals surface area contributed by atoms with Gasteiger partial charge in [-0.15, -0.1) is 0 Å². The van der Waals surface area contributed by atoms with Crippen LogP contribution in [0.25, 0.3) is 0 Å². The molecule has 4 heteroatoms. The second-order valence-corrected chi connectivity index (χ2v) is 4.17. The molecule has 1 unspecified atom stereocenters. The Morgan fingerprint density at radius 1 is 1.60 bits per heavy atom. The summed E-state index contributed by atoms with van der Waals surface area (Å²) in [5, 5.41) is 11.8. The van der Waals surface area contributed by atoms with Crippen molar-refractivity contribution in [2.24, 2.45) is 0 Å². The number of nitrogens with zero attached hydrogens (tertiary/aromatic N) is 1. The summed E-state index contributed by atoms with van der Waals surface area (Å²) in [5.74, 6) is -0.917. The molecule has 0 aromatic rings. The first-order valence-corrected chi connectivity index (χ1v) is 5.43. The van der Waals surface area contributed by atoms with Crippen molar-refractivity contribution in [2.75, 3.05) is 26.7 Å². The molecule has 15 heavy (non-hydrogen) atoms. The smallest absolute Gasteiger partial charge is 0.332 e. The number of carboxylic acid groups (broad SMARTS) is 1. The van der Waals surface area contributed by atoms with Gasteiger partial charge in [0.1, 0.15) is 0 Å². The Bertz CT molecular complexity index is 241. The fraction of sp³-hybridized carbons (Fsp3) is 0.727. The SMILES string of the molecule is C=C(CNCC1CCCCN1C)C(=O)O. The van der Waals surface area contributed by atoms with Crippen molar-refractivity contribution >= 4 is 5.97 Å². The van der Waals surface area contributed by atoms with Gasteiger partial charge in [-0.25, -0.2) is 4.79 Å². The van der Waals surface area contributed by atoms with E-state index in [1.807, 2.05) is 0 Å². The minimum absolute atomic E-state index is 0.230. The Hall–Kier alpha value is -0.870. The predicted octanol–water partition coefficient (Wildman–Crippen LogP) is 0.701. The van der Waals surface area contributed by atoms with E-state index in [1.54, 1.807) is 0 Å². The van der Waals surface area contributed by atoms with Gasteiger partial charge in [-0.1, -0.05) is 13.0 Å². The first-order chi connectivity index (χ1) is 7.11. The van der Waals surface area contributed by atoms with Crippen LogP contribution in [0.4, 0.5) is 0 Å². The highest BCUT2D eigenvalue weighted by Gasteiger charge is 2.18. The van der Waals surface area contributed by atoms with E-state index >= 15 is 0 Å². The molecular weight excluding hydrogens is 192 g/mol. The molecule has 0 aromatic carbocycles. The third-order valence-corrected chi connectivity index (χ3v) is 2.94. The van der Waals surface area contributed by atoms with Crippen LogP contribution in [-0.4, -0.2) is 48.7 Å². The minimum atomic E-state index is -0.917. The second kappa shape index (κ2) is 5.88. The summed E-state index contributed by atoms with van der Waals surface area (Å²) in [6, 6.07) is 0.542. The summed E-state index contributed by atoms with van der Waals surface area (Å²) < 4.78 is 0. The summed E-state index contributed by atoms with van der Waals surface area (Å²) >= 11 is 0. The fourth-order valence-corrected chi connectivity index (χ4v) is 1.87. The van der Waals surface area contributed by atoms with Gasteiger partial charge in [0.15, 0.2) is 0 Å². The molecule has 0 amide bonds. The molecule has 4 nitrogen and oxygen atoms in total.